The number of alkyl halides is 4. The first-order chi connectivity index (χ1) is 9.78. The minimum atomic E-state index is -3.85. The van der Waals surface area contributed by atoms with Gasteiger partial charge in [0.1, 0.15) is 0 Å². The van der Waals surface area contributed by atoms with Crippen molar-refractivity contribution < 1.29 is 23.5 Å². The van der Waals surface area contributed by atoms with E-state index in [0.29, 0.717) is 0 Å². The monoisotopic (exact) mass is 403 g/mol. The van der Waals surface area contributed by atoms with Crippen molar-refractivity contribution in [3.05, 3.63) is 0 Å². The fourth-order valence-corrected chi connectivity index (χ4v) is 3.57. The Labute approximate surface area is 143 Å². The van der Waals surface area contributed by atoms with Gasteiger partial charge in [-0.05, 0) is 0 Å². The number of aliphatic hydroxyl groups is 1. The molecule has 0 heterocycles. The zero-order valence-electron chi connectivity index (χ0n) is 11.1. The van der Waals surface area contributed by atoms with E-state index in [1.807, 2.05) is 0 Å². The fourth-order valence-electron chi connectivity index (χ4n) is 1.22. The molecular weight excluding hydrogens is 387 g/mol. The molecule has 0 aliphatic heterocycles. The Morgan fingerprint density at radius 2 is 1.57 bits per heavy atom. The highest BCUT2D eigenvalue weighted by atomic mass is 35.5. The summed E-state index contributed by atoms with van der Waals surface area (Å²) in [7, 11) is -3.85. The molecule has 6 nitrogen and oxygen atoms in total. The third kappa shape index (κ3) is 8.82. The summed E-state index contributed by atoms with van der Waals surface area (Å²) in [5.74, 6) is -0.608. The smallest absolute Gasteiger partial charge is 0.336 e. The lowest BCUT2D eigenvalue weighted by Crippen LogP contribution is -2.27. The summed E-state index contributed by atoms with van der Waals surface area (Å²) in [5, 5.41) is 8.10. The first-order valence-corrected chi connectivity index (χ1v) is 9.52. The van der Waals surface area contributed by atoms with Gasteiger partial charge in [0.05, 0.1) is 36.2 Å². The third-order valence-corrected chi connectivity index (χ3v) is 6.18. The molecule has 0 aliphatic carbocycles. The summed E-state index contributed by atoms with van der Waals surface area (Å²) in [5.41, 5.74) is 3.95. The van der Waals surface area contributed by atoms with Crippen LogP contribution in [0.3, 0.4) is 0 Å². The highest BCUT2D eigenvalue weighted by molar-refractivity contribution is 7.54. The Morgan fingerprint density at radius 3 is 1.86 bits per heavy atom. The van der Waals surface area contributed by atoms with E-state index < -0.39 is 36.5 Å². The summed E-state index contributed by atoms with van der Waals surface area (Å²) in [6, 6.07) is 0. The van der Waals surface area contributed by atoms with Crippen molar-refractivity contribution in [2.24, 2.45) is 5.73 Å². The van der Waals surface area contributed by atoms with E-state index in [-0.39, 0.29) is 31.4 Å². The van der Waals surface area contributed by atoms with E-state index in [2.05, 4.69) is 0 Å². The quantitative estimate of drug-likeness (QED) is 0.383. The number of rotatable bonds is 12. The summed E-state index contributed by atoms with van der Waals surface area (Å²) in [6.45, 7) is -0.960. The SMILES string of the molecule is NC(=O)CC(CO)P(=O)(OCC(Cl)CCl)OCC(Cl)CCl. The van der Waals surface area contributed by atoms with Gasteiger partial charge in [-0.15, -0.1) is 46.4 Å². The second kappa shape index (κ2) is 11.3. The molecule has 0 aromatic carbocycles. The number of hydrogen-bond donors (Lipinski definition) is 2. The van der Waals surface area contributed by atoms with Crippen LogP contribution in [0.1, 0.15) is 6.42 Å². The van der Waals surface area contributed by atoms with Gasteiger partial charge in [-0.3, -0.25) is 9.36 Å². The van der Waals surface area contributed by atoms with E-state index in [1.165, 1.54) is 0 Å². The lowest BCUT2D eigenvalue weighted by molar-refractivity contribution is -0.118. The van der Waals surface area contributed by atoms with Crippen molar-refractivity contribution in [2.45, 2.75) is 22.8 Å². The Kier molecular flexibility index (Phi) is 11.7. The van der Waals surface area contributed by atoms with Crippen molar-refractivity contribution in [2.75, 3.05) is 31.6 Å². The number of halogens is 4. The molecule has 0 spiro atoms. The molecule has 3 unspecified atom stereocenters. The summed E-state index contributed by atoms with van der Waals surface area (Å²) < 4.78 is 23.1. The molecule has 1 amide bonds. The van der Waals surface area contributed by atoms with Crippen LogP contribution in [0.25, 0.3) is 0 Å². The molecule has 0 rings (SSSR count). The molecule has 126 valence electrons. The highest BCUT2D eigenvalue weighted by Gasteiger charge is 2.38. The van der Waals surface area contributed by atoms with E-state index >= 15 is 0 Å². The molecule has 3 atom stereocenters. The maximum Gasteiger partial charge on any atom is 0.336 e. The predicted octanol–water partition coefficient (Wildman–Crippen LogP) is 2.14. The normalized spacial score (nSPS) is 18.7. The first-order valence-electron chi connectivity index (χ1n) is 5.97. The molecular formula is C10H18Cl4NO5P. The van der Waals surface area contributed by atoms with Crippen LogP contribution in [0.15, 0.2) is 0 Å². The van der Waals surface area contributed by atoms with Gasteiger partial charge in [-0.1, -0.05) is 0 Å². The molecule has 11 heteroatoms. The molecule has 0 aromatic heterocycles. The number of nitrogens with two attached hydrogens (primary N) is 1. The molecule has 0 fully saturated rings. The maximum absolute atomic E-state index is 12.7. The zero-order valence-corrected chi connectivity index (χ0v) is 15.0. The highest BCUT2D eigenvalue weighted by Crippen LogP contribution is 2.54. The van der Waals surface area contributed by atoms with Gasteiger partial charge in [0.25, 0.3) is 0 Å². The van der Waals surface area contributed by atoms with Crippen LogP contribution in [0.4, 0.5) is 0 Å². The predicted molar refractivity (Wildman–Crippen MR) is 84.9 cm³/mol. The molecule has 0 saturated heterocycles. The van der Waals surface area contributed by atoms with Gasteiger partial charge in [-0.25, -0.2) is 0 Å². The second-order valence-electron chi connectivity index (χ2n) is 4.14. The van der Waals surface area contributed by atoms with Crippen LogP contribution >= 0.6 is 54.0 Å². The van der Waals surface area contributed by atoms with Gasteiger partial charge < -0.3 is 19.9 Å². The average molecular weight is 405 g/mol. The van der Waals surface area contributed by atoms with E-state index in [1.54, 1.807) is 0 Å². The summed E-state index contributed by atoms with van der Waals surface area (Å²) in [6.07, 6.45) is -0.366. The Bertz CT molecular complexity index is 344. The van der Waals surface area contributed by atoms with Gasteiger partial charge in [0, 0.05) is 18.2 Å². The Hall–Kier alpha value is 0.740. The molecule has 21 heavy (non-hydrogen) atoms. The topological polar surface area (TPSA) is 98.9 Å². The Morgan fingerprint density at radius 1 is 1.14 bits per heavy atom. The van der Waals surface area contributed by atoms with Crippen molar-refractivity contribution >= 4 is 59.9 Å². The average Bonchev–Trinajstić information content (AvgIpc) is 2.47. The fraction of sp³-hybridized carbons (Fsp3) is 0.900. The first kappa shape index (κ1) is 21.7. The number of amides is 1. The number of aliphatic hydroxyl groups excluding tert-OH is 1. The number of primary amides is 1. The van der Waals surface area contributed by atoms with Crippen LogP contribution in [0.5, 0.6) is 0 Å². The minimum Gasteiger partial charge on any atom is -0.395 e. The van der Waals surface area contributed by atoms with Gasteiger partial charge in [0.15, 0.2) is 0 Å². The molecule has 3 N–H and O–H groups in total. The van der Waals surface area contributed by atoms with Crippen LogP contribution in [0.2, 0.25) is 0 Å². The standard InChI is InChI=1S/C10H18Cl4NO5P/c11-2-7(13)5-19-21(18,20-6-8(14)3-12)9(4-16)1-10(15)17/h7-9,16H,1-6H2,(H2,15,17). The molecule has 0 radical (unpaired) electrons. The zero-order chi connectivity index (χ0) is 16.5. The largest absolute Gasteiger partial charge is 0.395 e. The van der Waals surface area contributed by atoms with E-state index in [4.69, 9.17) is 61.2 Å². The third-order valence-electron chi connectivity index (χ3n) is 2.30. The Balaban J connectivity index is 4.93. The molecule has 0 bridgehead atoms. The lowest BCUT2D eigenvalue weighted by Gasteiger charge is -2.26. The number of carbonyl (C=O) groups is 1. The lowest BCUT2D eigenvalue weighted by atomic mass is 10.3. The van der Waals surface area contributed by atoms with E-state index in [0.717, 1.165) is 0 Å². The molecule has 0 saturated carbocycles. The van der Waals surface area contributed by atoms with Crippen LogP contribution in [-0.2, 0) is 18.4 Å². The molecule has 0 aliphatic rings. The van der Waals surface area contributed by atoms with Gasteiger partial charge >= 0.3 is 7.60 Å². The number of hydrogen-bond acceptors (Lipinski definition) is 5. The summed E-state index contributed by atoms with van der Waals surface area (Å²) in [4.78, 5) is 11.0. The summed E-state index contributed by atoms with van der Waals surface area (Å²) >= 11 is 22.6. The van der Waals surface area contributed by atoms with Gasteiger partial charge in [-0.2, -0.15) is 0 Å². The van der Waals surface area contributed by atoms with Crippen molar-refractivity contribution in [1.82, 2.24) is 0 Å². The second-order valence-corrected chi connectivity index (χ2v) is 8.32. The van der Waals surface area contributed by atoms with Crippen LogP contribution in [0, 0.1) is 0 Å². The van der Waals surface area contributed by atoms with Crippen molar-refractivity contribution in [3.63, 3.8) is 0 Å². The maximum atomic E-state index is 12.7. The molecule has 0 aromatic rings. The van der Waals surface area contributed by atoms with Crippen LogP contribution in [-0.4, -0.2) is 59.0 Å². The van der Waals surface area contributed by atoms with Crippen LogP contribution < -0.4 is 5.73 Å². The van der Waals surface area contributed by atoms with Crippen molar-refractivity contribution in [1.29, 1.82) is 0 Å². The van der Waals surface area contributed by atoms with E-state index in [9.17, 15) is 14.5 Å². The van der Waals surface area contributed by atoms with Crippen molar-refractivity contribution in [3.8, 4) is 0 Å². The minimum absolute atomic E-state index is 0.0704. The van der Waals surface area contributed by atoms with Gasteiger partial charge in [0.2, 0.25) is 5.91 Å². The number of carbonyl (C=O) groups excluding carboxylic acids is 1.